The Kier molecular flexibility index (Phi) is 11.9. The van der Waals surface area contributed by atoms with Crippen LogP contribution in [0, 0.1) is 0 Å². The monoisotopic (exact) mass is 646 g/mol. The molecule has 0 spiro atoms. The summed E-state index contributed by atoms with van der Waals surface area (Å²) in [6.45, 7) is 8.89. The zero-order chi connectivity index (χ0) is 29.3. The summed E-state index contributed by atoms with van der Waals surface area (Å²) in [6.07, 6.45) is 2.14. The number of halogens is 3. The summed E-state index contributed by atoms with van der Waals surface area (Å²) in [5, 5.41) is 3.94. The minimum Gasteiger partial charge on any atom is -0.483 e. The van der Waals surface area contributed by atoms with Crippen LogP contribution in [0.5, 0.6) is 5.75 Å². The van der Waals surface area contributed by atoms with E-state index in [1.54, 1.807) is 23.1 Å². The zero-order valence-electron chi connectivity index (χ0n) is 23.5. The fourth-order valence-electron chi connectivity index (χ4n) is 4.20. The van der Waals surface area contributed by atoms with Crippen LogP contribution in [0.2, 0.25) is 10.0 Å². The van der Waals surface area contributed by atoms with Crippen LogP contribution in [0.3, 0.4) is 0 Å². The Morgan fingerprint density at radius 1 is 1.02 bits per heavy atom. The Hall–Kier alpha value is -2.54. The van der Waals surface area contributed by atoms with E-state index < -0.39 is 6.04 Å². The van der Waals surface area contributed by atoms with Crippen LogP contribution in [0.15, 0.2) is 71.2 Å². The van der Waals surface area contributed by atoms with Crippen molar-refractivity contribution >= 4 is 50.9 Å². The van der Waals surface area contributed by atoms with Gasteiger partial charge in [-0.25, -0.2) is 0 Å². The molecule has 0 saturated carbocycles. The average Bonchev–Trinajstić information content (AvgIpc) is 2.91. The maximum atomic E-state index is 13.8. The van der Waals surface area contributed by atoms with Crippen molar-refractivity contribution in [3.8, 4) is 5.75 Å². The number of rotatable bonds is 12. The summed E-state index contributed by atoms with van der Waals surface area (Å²) < 4.78 is 6.75. The lowest BCUT2D eigenvalue weighted by Crippen LogP contribution is -2.51. The molecule has 0 aliphatic rings. The minimum absolute atomic E-state index is 0.0265. The number of unbranched alkanes of at least 4 members (excludes halogenated alkanes) is 1. The van der Waals surface area contributed by atoms with Gasteiger partial charge in [0.05, 0.1) is 4.47 Å². The molecule has 0 heterocycles. The van der Waals surface area contributed by atoms with Gasteiger partial charge in [0.15, 0.2) is 6.61 Å². The Balaban J connectivity index is 1.92. The van der Waals surface area contributed by atoms with Crippen molar-refractivity contribution in [3.05, 3.63) is 97.9 Å². The van der Waals surface area contributed by atoms with Crippen LogP contribution in [0.4, 0.5) is 0 Å². The van der Waals surface area contributed by atoms with E-state index in [-0.39, 0.29) is 30.4 Å². The van der Waals surface area contributed by atoms with Crippen LogP contribution in [0.25, 0.3) is 0 Å². The number of hydrogen-bond donors (Lipinski definition) is 1. The standard InChI is InChI=1S/C32H37BrCl2N2O3/c1-5-6-16-36-31(39)28(17-22-10-8-7-9-11-22)37(20-23-12-14-25(34)19-27(23)35)30(38)21-40-29-15-13-24(18-26(29)33)32(2,3)4/h7-15,18-19,28H,5-6,16-17,20-21H2,1-4H3,(H,36,39)/t28-/m0/s1. The van der Waals surface area contributed by atoms with Crippen molar-refractivity contribution < 1.29 is 14.3 Å². The first-order chi connectivity index (χ1) is 19.0. The van der Waals surface area contributed by atoms with Crippen LogP contribution in [0.1, 0.15) is 57.2 Å². The number of hydrogen-bond acceptors (Lipinski definition) is 3. The molecule has 0 fully saturated rings. The normalized spacial score (nSPS) is 12.1. The van der Waals surface area contributed by atoms with Gasteiger partial charge in [-0.3, -0.25) is 9.59 Å². The summed E-state index contributed by atoms with van der Waals surface area (Å²) in [4.78, 5) is 28.9. The van der Waals surface area contributed by atoms with Crippen molar-refractivity contribution in [1.82, 2.24) is 10.2 Å². The molecule has 0 radical (unpaired) electrons. The summed E-state index contributed by atoms with van der Waals surface area (Å²) in [6, 6.07) is 19.9. The van der Waals surface area contributed by atoms with Crippen LogP contribution in [-0.2, 0) is 28.0 Å². The highest BCUT2D eigenvalue weighted by Gasteiger charge is 2.31. The predicted octanol–water partition coefficient (Wildman–Crippen LogP) is 7.99. The molecule has 0 aliphatic carbocycles. The van der Waals surface area contributed by atoms with Crippen molar-refractivity contribution in [2.24, 2.45) is 0 Å². The third-order valence-corrected chi connectivity index (χ3v) is 7.81. The van der Waals surface area contributed by atoms with Crippen molar-refractivity contribution in [3.63, 3.8) is 0 Å². The molecular weight excluding hydrogens is 611 g/mol. The third-order valence-electron chi connectivity index (χ3n) is 6.61. The number of amides is 2. The van der Waals surface area contributed by atoms with E-state index in [1.807, 2.05) is 48.5 Å². The van der Waals surface area contributed by atoms with Gasteiger partial charge >= 0.3 is 0 Å². The van der Waals surface area contributed by atoms with Gasteiger partial charge in [-0.05, 0) is 68.7 Å². The maximum absolute atomic E-state index is 13.8. The first kappa shape index (κ1) is 32.0. The topological polar surface area (TPSA) is 58.6 Å². The van der Waals surface area contributed by atoms with E-state index in [0.717, 1.165) is 28.4 Å². The second-order valence-corrected chi connectivity index (χ2v) is 12.5. The molecule has 0 aromatic heterocycles. The molecule has 0 saturated heterocycles. The molecule has 5 nitrogen and oxygen atoms in total. The third kappa shape index (κ3) is 9.25. The first-order valence-electron chi connectivity index (χ1n) is 13.5. The van der Waals surface area contributed by atoms with Crippen molar-refractivity contribution in [2.75, 3.05) is 13.2 Å². The summed E-state index contributed by atoms with van der Waals surface area (Å²) in [5.74, 6) is 0.00803. The smallest absolute Gasteiger partial charge is 0.261 e. The Labute approximate surface area is 256 Å². The first-order valence-corrected chi connectivity index (χ1v) is 15.0. The summed E-state index contributed by atoms with van der Waals surface area (Å²) >= 11 is 16.2. The Bertz CT molecular complexity index is 1300. The number of nitrogens with zero attached hydrogens (tertiary/aromatic N) is 1. The summed E-state index contributed by atoms with van der Waals surface area (Å²) in [7, 11) is 0. The fraction of sp³-hybridized carbons (Fsp3) is 0.375. The molecule has 0 bridgehead atoms. The number of ether oxygens (including phenoxy) is 1. The molecule has 3 rings (SSSR count). The second kappa shape index (κ2) is 14.9. The number of benzene rings is 3. The number of carbonyl (C=O) groups excluding carboxylic acids is 2. The lowest BCUT2D eigenvalue weighted by molar-refractivity contribution is -0.142. The minimum atomic E-state index is -0.770. The van der Waals surface area contributed by atoms with Gasteiger partial charge in [0.2, 0.25) is 5.91 Å². The molecule has 3 aromatic rings. The predicted molar refractivity (Wildman–Crippen MR) is 167 cm³/mol. The summed E-state index contributed by atoms with van der Waals surface area (Å²) in [5.41, 5.74) is 2.75. The largest absolute Gasteiger partial charge is 0.483 e. The van der Waals surface area contributed by atoms with Crippen LogP contribution in [-0.4, -0.2) is 35.9 Å². The molecule has 40 heavy (non-hydrogen) atoms. The van der Waals surface area contributed by atoms with Gasteiger partial charge in [0.1, 0.15) is 11.8 Å². The molecule has 0 aliphatic heterocycles. The van der Waals surface area contributed by atoms with E-state index in [9.17, 15) is 9.59 Å². The van der Waals surface area contributed by atoms with E-state index in [1.165, 1.54) is 0 Å². The molecular formula is C32H37BrCl2N2O3. The molecule has 214 valence electrons. The number of carbonyl (C=O) groups is 2. The quantitative estimate of drug-likeness (QED) is 0.203. The lowest BCUT2D eigenvalue weighted by atomic mass is 9.87. The van der Waals surface area contributed by atoms with E-state index in [2.05, 4.69) is 48.9 Å². The molecule has 8 heteroatoms. The fourth-order valence-corrected chi connectivity index (χ4v) is 5.16. The average molecular weight is 648 g/mol. The number of nitrogens with one attached hydrogen (secondary N) is 1. The second-order valence-electron chi connectivity index (χ2n) is 10.8. The van der Waals surface area contributed by atoms with Crippen molar-refractivity contribution in [2.45, 2.75) is 65.0 Å². The highest BCUT2D eigenvalue weighted by Crippen LogP contribution is 2.32. The lowest BCUT2D eigenvalue weighted by Gasteiger charge is -2.32. The van der Waals surface area contributed by atoms with Gasteiger partial charge in [0.25, 0.3) is 5.91 Å². The van der Waals surface area contributed by atoms with Gasteiger partial charge in [-0.15, -0.1) is 0 Å². The van der Waals surface area contributed by atoms with E-state index in [0.29, 0.717) is 34.3 Å². The SMILES string of the molecule is CCCCNC(=O)[C@H](Cc1ccccc1)N(Cc1ccc(Cl)cc1Cl)C(=O)COc1ccc(C(C)(C)C)cc1Br. The van der Waals surface area contributed by atoms with Crippen molar-refractivity contribution in [1.29, 1.82) is 0 Å². The molecule has 3 aromatic carbocycles. The molecule has 0 unspecified atom stereocenters. The van der Waals surface area contributed by atoms with Crippen LogP contribution < -0.4 is 10.1 Å². The Morgan fingerprint density at radius 2 is 1.75 bits per heavy atom. The Morgan fingerprint density at radius 3 is 2.38 bits per heavy atom. The van der Waals surface area contributed by atoms with E-state index in [4.69, 9.17) is 27.9 Å². The zero-order valence-corrected chi connectivity index (χ0v) is 26.6. The highest BCUT2D eigenvalue weighted by atomic mass is 79.9. The van der Waals surface area contributed by atoms with E-state index >= 15 is 0 Å². The highest BCUT2D eigenvalue weighted by molar-refractivity contribution is 9.10. The van der Waals surface area contributed by atoms with Gasteiger partial charge < -0.3 is 15.0 Å². The molecule has 1 atom stereocenters. The maximum Gasteiger partial charge on any atom is 0.261 e. The van der Waals surface area contributed by atoms with Gasteiger partial charge in [-0.1, -0.05) is 99.8 Å². The van der Waals surface area contributed by atoms with Gasteiger partial charge in [-0.2, -0.15) is 0 Å². The van der Waals surface area contributed by atoms with Crippen LogP contribution >= 0.6 is 39.1 Å². The molecule has 2 amide bonds. The van der Waals surface area contributed by atoms with Gasteiger partial charge in [0, 0.05) is 29.6 Å². The molecule has 1 N–H and O–H groups in total.